The van der Waals surface area contributed by atoms with Crippen molar-refractivity contribution in [1.29, 1.82) is 0 Å². The molecule has 0 aromatic heterocycles. The minimum absolute atomic E-state index is 0.286. The number of hydrogen-bond donors (Lipinski definition) is 1. The van der Waals surface area contributed by atoms with Crippen LogP contribution in [0.5, 0.6) is 11.5 Å². The number of benzene rings is 2. The highest BCUT2D eigenvalue weighted by Crippen LogP contribution is 2.28. The summed E-state index contributed by atoms with van der Waals surface area (Å²) in [6.45, 7) is 10.8. The number of ether oxygens (including phenoxy) is 2. The fourth-order valence-corrected chi connectivity index (χ4v) is 5.20. The second kappa shape index (κ2) is 11.8. The van der Waals surface area contributed by atoms with Crippen LogP contribution in [-0.4, -0.2) is 66.4 Å². The smallest absolute Gasteiger partial charge is 0.120 e. The number of aliphatic hydroxyl groups is 1. The Morgan fingerprint density at radius 2 is 1.56 bits per heavy atom. The molecule has 6 heteroatoms. The van der Waals surface area contributed by atoms with Gasteiger partial charge in [-0.3, -0.25) is 9.80 Å². The maximum absolute atomic E-state index is 11.2. The van der Waals surface area contributed by atoms with Crippen LogP contribution in [0, 0.1) is 13.8 Å². The lowest BCUT2D eigenvalue weighted by Crippen LogP contribution is -2.51. The summed E-state index contributed by atoms with van der Waals surface area (Å²) in [5.41, 5.74) is 2.37. The summed E-state index contributed by atoms with van der Waals surface area (Å²) in [6.07, 6.45) is 5.69. The summed E-state index contributed by atoms with van der Waals surface area (Å²) in [4.78, 5) is 4.81. The van der Waals surface area contributed by atoms with Crippen LogP contribution in [-0.2, 0) is 6.54 Å². The van der Waals surface area contributed by atoms with Crippen LogP contribution in [0.15, 0.2) is 36.4 Å². The second-order valence-corrected chi connectivity index (χ2v) is 10.5. The Hall–Kier alpha value is -1.79. The highest BCUT2D eigenvalue weighted by Gasteiger charge is 2.34. The molecule has 186 valence electrons. The van der Waals surface area contributed by atoms with Crippen molar-refractivity contribution in [3.05, 3.63) is 58.1 Å². The molecule has 1 unspecified atom stereocenters. The normalized spacial score (nSPS) is 22.0. The van der Waals surface area contributed by atoms with Crippen LogP contribution in [0.25, 0.3) is 0 Å². The lowest BCUT2D eigenvalue weighted by atomic mass is 9.93. The zero-order valence-electron chi connectivity index (χ0n) is 20.7. The highest BCUT2D eigenvalue weighted by molar-refractivity contribution is 6.32. The molecule has 0 bridgehead atoms. The molecule has 2 heterocycles. The number of halogens is 1. The number of rotatable bonds is 9. The maximum atomic E-state index is 11.2. The van der Waals surface area contributed by atoms with Crippen molar-refractivity contribution in [3.8, 4) is 11.5 Å². The molecule has 4 rings (SSSR count). The topological polar surface area (TPSA) is 45.2 Å². The van der Waals surface area contributed by atoms with Crippen LogP contribution in [0.4, 0.5) is 0 Å². The molecule has 0 amide bonds. The molecule has 1 atom stereocenters. The number of nitrogens with zero attached hydrogens (tertiary/aromatic N) is 2. The van der Waals surface area contributed by atoms with E-state index in [0.29, 0.717) is 6.54 Å². The highest BCUT2D eigenvalue weighted by atomic mass is 35.5. The number of aryl methyl sites for hydroxylation is 2. The van der Waals surface area contributed by atoms with Crippen molar-refractivity contribution in [1.82, 2.24) is 9.80 Å². The maximum Gasteiger partial charge on any atom is 0.120 e. The SMILES string of the molecule is Cc1cc(OCC2(O)CCCN(Cc3ccc(OCCN4CCCCC4)cc3)C2)cc(C)c1Cl. The molecule has 2 aliphatic heterocycles. The van der Waals surface area contributed by atoms with E-state index in [0.717, 1.165) is 66.7 Å². The Labute approximate surface area is 209 Å². The van der Waals surface area contributed by atoms with Gasteiger partial charge in [0.2, 0.25) is 0 Å². The van der Waals surface area contributed by atoms with E-state index >= 15 is 0 Å². The van der Waals surface area contributed by atoms with Crippen molar-refractivity contribution < 1.29 is 14.6 Å². The van der Waals surface area contributed by atoms with Crippen LogP contribution < -0.4 is 9.47 Å². The average molecular weight is 487 g/mol. The third kappa shape index (κ3) is 7.11. The standard InChI is InChI=1S/C28H39ClN2O3/c1-22-17-26(18-23(2)27(22)29)34-21-28(32)11-6-14-31(20-28)19-24-7-9-25(10-8-24)33-16-15-30-12-4-3-5-13-30/h7-10,17-18,32H,3-6,11-16,19-21H2,1-2H3. The predicted molar refractivity (Wildman–Crippen MR) is 138 cm³/mol. The van der Waals surface area contributed by atoms with Gasteiger partial charge in [-0.15, -0.1) is 0 Å². The first-order chi connectivity index (χ1) is 16.4. The third-order valence-corrected chi connectivity index (χ3v) is 7.60. The quantitative estimate of drug-likeness (QED) is 0.526. The molecule has 2 saturated heterocycles. The Kier molecular flexibility index (Phi) is 8.75. The van der Waals surface area contributed by atoms with Gasteiger partial charge < -0.3 is 14.6 Å². The third-order valence-electron chi connectivity index (χ3n) is 7.01. The molecule has 5 nitrogen and oxygen atoms in total. The summed E-state index contributed by atoms with van der Waals surface area (Å²) < 4.78 is 12.0. The zero-order valence-corrected chi connectivity index (χ0v) is 21.4. The van der Waals surface area contributed by atoms with Gasteiger partial charge in [0.1, 0.15) is 30.3 Å². The molecule has 1 N–H and O–H groups in total. The van der Waals surface area contributed by atoms with E-state index in [1.165, 1.54) is 37.9 Å². The van der Waals surface area contributed by atoms with Crippen LogP contribution in [0.1, 0.15) is 48.8 Å². The molecule has 0 aliphatic carbocycles. The van der Waals surface area contributed by atoms with Gasteiger partial charge in [-0.25, -0.2) is 0 Å². The van der Waals surface area contributed by atoms with Crippen molar-refractivity contribution >= 4 is 11.6 Å². The van der Waals surface area contributed by atoms with Crippen LogP contribution in [0.3, 0.4) is 0 Å². The number of β-amino-alcohol motifs (C(OH)–C–C–N with tert-alkyl or cyclic N) is 1. The van der Waals surface area contributed by atoms with Crippen LogP contribution >= 0.6 is 11.6 Å². The largest absolute Gasteiger partial charge is 0.492 e. The molecule has 2 fully saturated rings. The molecule has 2 aliphatic rings. The van der Waals surface area contributed by atoms with Crippen molar-refractivity contribution in [2.24, 2.45) is 0 Å². The lowest BCUT2D eigenvalue weighted by molar-refractivity contribution is -0.0621. The van der Waals surface area contributed by atoms with E-state index in [-0.39, 0.29) is 6.61 Å². The predicted octanol–water partition coefficient (Wildman–Crippen LogP) is 5.23. The first-order valence-electron chi connectivity index (χ1n) is 12.7. The first kappa shape index (κ1) is 25.3. The van der Waals surface area contributed by atoms with Gasteiger partial charge >= 0.3 is 0 Å². The Balaban J connectivity index is 1.24. The molecular weight excluding hydrogens is 448 g/mol. The van der Waals surface area contributed by atoms with Crippen molar-refractivity contribution in [3.63, 3.8) is 0 Å². The summed E-state index contributed by atoms with van der Waals surface area (Å²) in [5, 5.41) is 12.0. The van der Waals surface area contributed by atoms with E-state index in [2.05, 4.69) is 34.1 Å². The fourth-order valence-electron chi connectivity index (χ4n) is 5.09. The summed E-state index contributed by atoms with van der Waals surface area (Å²) in [7, 11) is 0. The van der Waals surface area contributed by atoms with Gasteiger partial charge in [0.15, 0.2) is 0 Å². The fraction of sp³-hybridized carbons (Fsp3) is 0.571. The van der Waals surface area contributed by atoms with Gasteiger partial charge in [-0.2, -0.15) is 0 Å². The van der Waals surface area contributed by atoms with Gasteiger partial charge in [-0.1, -0.05) is 30.2 Å². The summed E-state index contributed by atoms with van der Waals surface area (Å²) in [5.74, 6) is 1.69. The molecule has 34 heavy (non-hydrogen) atoms. The molecule has 0 radical (unpaired) electrons. The van der Waals surface area contributed by atoms with Gasteiger partial charge in [0, 0.05) is 24.7 Å². The van der Waals surface area contributed by atoms with Crippen molar-refractivity contribution in [2.45, 2.75) is 58.1 Å². The first-order valence-corrected chi connectivity index (χ1v) is 13.1. The lowest BCUT2D eigenvalue weighted by Gasteiger charge is -2.39. The van der Waals surface area contributed by atoms with Crippen LogP contribution in [0.2, 0.25) is 5.02 Å². The molecular formula is C28H39ClN2O3. The monoisotopic (exact) mass is 486 g/mol. The van der Waals surface area contributed by atoms with Gasteiger partial charge in [-0.05, 0) is 100 Å². The summed E-state index contributed by atoms with van der Waals surface area (Å²) >= 11 is 6.27. The minimum atomic E-state index is -0.850. The number of hydrogen-bond acceptors (Lipinski definition) is 5. The van der Waals surface area contributed by atoms with E-state index in [4.69, 9.17) is 21.1 Å². The van der Waals surface area contributed by atoms with E-state index in [1.807, 2.05) is 26.0 Å². The van der Waals surface area contributed by atoms with E-state index in [9.17, 15) is 5.11 Å². The van der Waals surface area contributed by atoms with Gasteiger partial charge in [0.05, 0.1) is 0 Å². The zero-order chi connectivity index (χ0) is 24.0. The summed E-state index contributed by atoms with van der Waals surface area (Å²) in [6, 6.07) is 12.3. The Bertz CT molecular complexity index is 907. The van der Waals surface area contributed by atoms with Crippen molar-refractivity contribution in [2.75, 3.05) is 45.9 Å². The number of piperidine rings is 2. The average Bonchev–Trinajstić information content (AvgIpc) is 2.83. The number of likely N-dealkylation sites (tertiary alicyclic amines) is 2. The molecule has 2 aromatic rings. The Morgan fingerprint density at radius 1 is 0.882 bits per heavy atom. The minimum Gasteiger partial charge on any atom is -0.492 e. The second-order valence-electron chi connectivity index (χ2n) is 10.1. The van der Waals surface area contributed by atoms with Gasteiger partial charge in [0.25, 0.3) is 0 Å². The molecule has 2 aromatic carbocycles. The van der Waals surface area contributed by atoms with E-state index < -0.39 is 5.60 Å². The molecule has 0 saturated carbocycles. The molecule has 0 spiro atoms. The van der Waals surface area contributed by atoms with E-state index in [1.54, 1.807) is 0 Å². The Morgan fingerprint density at radius 3 is 2.26 bits per heavy atom.